The summed E-state index contributed by atoms with van der Waals surface area (Å²) in [5.74, 6) is -0.627. The standard InChI is InChI=1S/C22H21FN4O3S/c1-30-12-20-24-19(13-31-20)21(28)27-10-9-15-14(11-27)5-4-8-17(15)25-22(29)26-18-7-3-2-6-16(18)23/h2-8,13H,9-12H2,1H3,(H2,25,26,29). The van der Waals surface area contributed by atoms with Gasteiger partial charge in [0.05, 0.1) is 12.3 Å². The molecule has 160 valence electrons. The highest BCUT2D eigenvalue weighted by atomic mass is 32.1. The van der Waals surface area contributed by atoms with Gasteiger partial charge in [-0.15, -0.1) is 11.3 Å². The van der Waals surface area contributed by atoms with Crippen molar-refractivity contribution in [3.8, 4) is 0 Å². The molecule has 4 rings (SSSR count). The van der Waals surface area contributed by atoms with E-state index in [0.29, 0.717) is 37.5 Å². The van der Waals surface area contributed by atoms with E-state index in [0.717, 1.165) is 16.1 Å². The van der Waals surface area contributed by atoms with Gasteiger partial charge in [-0.2, -0.15) is 0 Å². The van der Waals surface area contributed by atoms with Crippen LogP contribution in [0.15, 0.2) is 47.8 Å². The Morgan fingerprint density at radius 1 is 1.16 bits per heavy atom. The summed E-state index contributed by atoms with van der Waals surface area (Å²) in [4.78, 5) is 31.3. The van der Waals surface area contributed by atoms with Crippen LogP contribution in [-0.2, 0) is 24.3 Å². The lowest BCUT2D eigenvalue weighted by atomic mass is 9.97. The zero-order valence-electron chi connectivity index (χ0n) is 16.9. The topological polar surface area (TPSA) is 83.6 Å². The van der Waals surface area contributed by atoms with Gasteiger partial charge in [0.15, 0.2) is 0 Å². The predicted molar refractivity (Wildman–Crippen MR) is 117 cm³/mol. The minimum absolute atomic E-state index is 0.109. The Hall–Kier alpha value is -3.30. The molecule has 0 saturated heterocycles. The largest absolute Gasteiger partial charge is 0.378 e. The van der Waals surface area contributed by atoms with Gasteiger partial charge in [-0.25, -0.2) is 14.2 Å². The Kier molecular flexibility index (Phi) is 6.24. The minimum Gasteiger partial charge on any atom is -0.378 e. The second-order valence-electron chi connectivity index (χ2n) is 7.04. The predicted octanol–water partition coefficient (Wildman–Crippen LogP) is 4.27. The van der Waals surface area contributed by atoms with E-state index in [-0.39, 0.29) is 11.6 Å². The summed E-state index contributed by atoms with van der Waals surface area (Å²) in [7, 11) is 1.59. The average molecular weight is 441 g/mol. The molecule has 0 fully saturated rings. The Bertz CT molecular complexity index is 1120. The fourth-order valence-electron chi connectivity index (χ4n) is 3.50. The summed E-state index contributed by atoms with van der Waals surface area (Å²) in [5.41, 5.74) is 3.09. The van der Waals surface area contributed by atoms with Crippen LogP contribution in [0.25, 0.3) is 0 Å². The van der Waals surface area contributed by atoms with E-state index < -0.39 is 11.8 Å². The quantitative estimate of drug-likeness (QED) is 0.621. The van der Waals surface area contributed by atoms with Crippen molar-refractivity contribution in [3.63, 3.8) is 0 Å². The van der Waals surface area contributed by atoms with Crippen LogP contribution in [0.5, 0.6) is 0 Å². The highest BCUT2D eigenvalue weighted by Crippen LogP contribution is 2.27. The number of nitrogens with one attached hydrogen (secondary N) is 2. The van der Waals surface area contributed by atoms with Crippen molar-refractivity contribution in [2.45, 2.75) is 19.6 Å². The van der Waals surface area contributed by atoms with Gasteiger partial charge >= 0.3 is 6.03 Å². The summed E-state index contributed by atoms with van der Waals surface area (Å²) in [6.07, 6.45) is 0.590. The van der Waals surface area contributed by atoms with Crippen LogP contribution in [0.1, 0.15) is 26.6 Å². The molecule has 2 aromatic carbocycles. The number of thiazole rings is 1. The number of fused-ring (bicyclic) bond motifs is 1. The molecular weight excluding hydrogens is 419 g/mol. The van der Waals surface area contributed by atoms with Crippen molar-refractivity contribution >= 4 is 34.6 Å². The van der Waals surface area contributed by atoms with Gasteiger partial charge in [-0.3, -0.25) is 4.79 Å². The maximum atomic E-state index is 13.8. The molecule has 3 aromatic rings. The minimum atomic E-state index is -0.523. The molecule has 2 heterocycles. The Morgan fingerprint density at radius 3 is 2.74 bits per heavy atom. The lowest BCUT2D eigenvalue weighted by Gasteiger charge is -2.29. The number of ether oxygens (including phenoxy) is 1. The van der Waals surface area contributed by atoms with Gasteiger partial charge in [-0.05, 0) is 35.7 Å². The van der Waals surface area contributed by atoms with E-state index in [9.17, 15) is 14.0 Å². The van der Waals surface area contributed by atoms with E-state index in [1.54, 1.807) is 35.6 Å². The molecule has 0 radical (unpaired) electrons. The molecule has 0 atom stereocenters. The van der Waals surface area contributed by atoms with Crippen LogP contribution in [-0.4, -0.2) is 35.5 Å². The van der Waals surface area contributed by atoms with E-state index >= 15 is 0 Å². The highest BCUT2D eigenvalue weighted by molar-refractivity contribution is 7.09. The number of amides is 3. The van der Waals surface area contributed by atoms with E-state index in [1.807, 2.05) is 12.1 Å². The van der Waals surface area contributed by atoms with E-state index in [4.69, 9.17) is 4.74 Å². The summed E-state index contributed by atoms with van der Waals surface area (Å²) in [5, 5.41) is 7.82. The molecule has 0 aliphatic carbocycles. The van der Waals surface area contributed by atoms with E-state index in [2.05, 4.69) is 15.6 Å². The zero-order valence-corrected chi connectivity index (χ0v) is 17.7. The number of urea groups is 1. The molecule has 0 unspecified atom stereocenters. The Balaban J connectivity index is 1.45. The first-order valence-corrected chi connectivity index (χ1v) is 10.6. The molecule has 31 heavy (non-hydrogen) atoms. The number of benzene rings is 2. The fourth-order valence-corrected chi connectivity index (χ4v) is 4.24. The van der Waals surface area contributed by atoms with Crippen molar-refractivity contribution in [2.75, 3.05) is 24.3 Å². The van der Waals surface area contributed by atoms with Crippen molar-refractivity contribution in [2.24, 2.45) is 0 Å². The van der Waals surface area contributed by atoms with Gasteiger partial charge in [0.25, 0.3) is 5.91 Å². The number of carbonyl (C=O) groups is 2. The second-order valence-corrected chi connectivity index (χ2v) is 7.98. The molecule has 9 heteroatoms. The number of aromatic nitrogens is 1. The molecule has 0 spiro atoms. The normalized spacial score (nSPS) is 12.9. The highest BCUT2D eigenvalue weighted by Gasteiger charge is 2.25. The molecule has 0 saturated carbocycles. The maximum Gasteiger partial charge on any atom is 0.323 e. The molecule has 3 amide bonds. The first-order valence-electron chi connectivity index (χ1n) is 9.71. The molecule has 1 aliphatic heterocycles. The SMILES string of the molecule is COCc1nc(C(=O)N2CCc3c(cccc3NC(=O)Nc3ccccc3F)C2)cs1. The van der Waals surface area contributed by atoms with Crippen LogP contribution in [0.3, 0.4) is 0 Å². The molecule has 1 aromatic heterocycles. The molecular formula is C22H21FN4O3S. The number of rotatable bonds is 5. The van der Waals surface area contributed by atoms with Gasteiger partial charge in [0.1, 0.15) is 16.5 Å². The first kappa shape index (κ1) is 21.0. The number of para-hydroxylation sites is 1. The van der Waals surface area contributed by atoms with Crippen molar-refractivity contribution in [3.05, 3.63) is 75.5 Å². The van der Waals surface area contributed by atoms with Gasteiger partial charge in [-0.1, -0.05) is 24.3 Å². The summed E-state index contributed by atoms with van der Waals surface area (Å²) in [6, 6.07) is 11.0. The van der Waals surface area contributed by atoms with Crippen LogP contribution in [0.2, 0.25) is 0 Å². The van der Waals surface area contributed by atoms with Crippen LogP contribution in [0, 0.1) is 5.82 Å². The van der Waals surface area contributed by atoms with Crippen LogP contribution >= 0.6 is 11.3 Å². The zero-order chi connectivity index (χ0) is 21.8. The summed E-state index contributed by atoms with van der Waals surface area (Å²) in [6.45, 7) is 1.32. The Labute approximate surface area is 182 Å². The van der Waals surface area contributed by atoms with Crippen molar-refractivity contribution < 1.29 is 18.7 Å². The molecule has 1 aliphatic rings. The lowest BCUT2D eigenvalue weighted by Crippen LogP contribution is -2.36. The number of carbonyl (C=O) groups excluding carboxylic acids is 2. The monoisotopic (exact) mass is 440 g/mol. The van der Waals surface area contributed by atoms with Gasteiger partial charge in [0.2, 0.25) is 0 Å². The fraction of sp³-hybridized carbons (Fsp3) is 0.227. The van der Waals surface area contributed by atoms with E-state index in [1.165, 1.54) is 23.5 Å². The van der Waals surface area contributed by atoms with Gasteiger partial charge in [0, 0.05) is 31.3 Å². The Morgan fingerprint density at radius 2 is 1.94 bits per heavy atom. The molecule has 2 N–H and O–H groups in total. The summed E-state index contributed by atoms with van der Waals surface area (Å²) >= 11 is 1.40. The number of halogens is 1. The van der Waals surface area contributed by atoms with Crippen LogP contribution < -0.4 is 10.6 Å². The number of nitrogens with zero attached hydrogens (tertiary/aromatic N) is 2. The summed E-state index contributed by atoms with van der Waals surface area (Å²) < 4.78 is 18.8. The first-order chi connectivity index (χ1) is 15.0. The molecule has 0 bridgehead atoms. The van der Waals surface area contributed by atoms with Gasteiger partial charge < -0.3 is 20.3 Å². The number of hydrogen-bond donors (Lipinski definition) is 2. The smallest absolute Gasteiger partial charge is 0.323 e. The number of methoxy groups -OCH3 is 1. The number of hydrogen-bond acceptors (Lipinski definition) is 5. The molecule has 7 nitrogen and oxygen atoms in total. The van der Waals surface area contributed by atoms with Crippen molar-refractivity contribution in [1.82, 2.24) is 9.88 Å². The average Bonchev–Trinajstić information content (AvgIpc) is 3.23. The van der Waals surface area contributed by atoms with Crippen LogP contribution in [0.4, 0.5) is 20.6 Å². The third kappa shape index (κ3) is 4.73. The number of anilines is 2. The third-order valence-electron chi connectivity index (χ3n) is 4.96. The third-order valence-corrected chi connectivity index (χ3v) is 5.78. The van der Waals surface area contributed by atoms with Crippen molar-refractivity contribution in [1.29, 1.82) is 0 Å². The second kappa shape index (κ2) is 9.23. The lowest BCUT2D eigenvalue weighted by molar-refractivity contribution is 0.0729. The maximum absolute atomic E-state index is 13.8.